The number of aromatic nitrogens is 2. The SMILES string of the molecule is Cc1cc(C2CCCNC2)oc(=O)c1C(=O)Nc1c(C)n[nH]c1C. The molecule has 0 spiro atoms. The van der Waals surface area contributed by atoms with Gasteiger partial charge in [-0.25, -0.2) is 4.79 Å². The van der Waals surface area contributed by atoms with Crippen molar-refractivity contribution < 1.29 is 9.21 Å². The number of carbonyl (C=O) groups excluding carboxylic acids is 1. The molecule has 3 rings (SSSR count). The van der Waals surface area contributed by atoms with E-state index in [4.69, 9.17) is 4.42 Å². The molecule has 128 valence electrons. The van der Waals surface area contributed by atoms with Gasteiger partial charge in [-0.05, 0) is 51.8 Å². The van der Waals surface area contributed by atoms with Gasteiger partial charge in [-0.3, -0.25) is 9.89 Å². The Morgan fingerprint density at radius 2 is 2.17 bits per heavy atom. The minimum absolute atomic E-state index is 0.0440. The average Bonchev–Trinajstić information content (AvgIpc) is 2.87. The molecule has 7 heteroatoms. The topological polar surface area (TPSA) is 100 Å². The van der Waals surface area contributed by atoms with Gasteiger partial charge >= 0.3 is 5.63 Å². The summed E-state index contributed by atoms with van der Waals surface area (Å²) in [4.78, 5) is 24.9. The number of H-pyrrole nitrogens is 1. The Labute approximate surface area is 139 Å². The average molecular weight is 330 g/mol. The minimum Gasteiger partial charge on any atom is -0.427 e. The molecular weight excluding hydrogens is 308 g/mol. The van der Waals surface area contributed by atoms with Crippen molar-refractivity contribution in [3.05, 3.63) is 44.8 Å². The zero-order valence-corrected chi connectivity index (χ0v) is 14.2. The van der Waals surface area contributed by atoms with Gasteiger partial charge in [-0.1, -0.05) is 0 Å². The molecule has 0 aliphatic carbocycles. The monoisotopic (exact) mass is 330 g/mol. The van der Waals surface area contributed by atoms with E-state index in [2.05, 4.69) is 20.8 Å². The minimum atomic E-state index is -0.591. The van der Waals surface area contributed by atoms with Gasteiger partial charge in [-0.2, -0.15) is 5.10 Å². The maximum Gasteiger partial charge on any atom is 0.349 e. The molecule has 0 radical (unpaired) electrons. The molecule has 1 atom stereocenters. The highest BCUT2D eigenvalue weighted by Crippen LogP contribution is 2.24. The number of rotatable bonds is 3. The second-order valence-electron chi connectivity index (χ2n) is 6.30. The lowest BCUT2D eigenvalue weighted by molar-refractivity contribution is 0.102. The first-order valence-electron chi connectivity index (χ1n) is 8.15. The van der Waals surface area contributed by atoms with Crippen LogP contribution in [-0.2, 0) is 0 Å². The van der Waals surface area contributed by atoms with Crippen molar-refractivity contribution in [1.82, 2.24) is 15.5 Å². The molecule has 0 saturated carbocycles. The predicted molar refractivity (Wildman–Crippen MR) is 90.6 cm³/mol. The van der Waals surface area contributed by atoms with Crippen LogP contribution in [-0.4, -0.2) is 29.2 Å². The Hall–Kier alpha value is -2.41. The van der Waals surface area contributed by atoms with Crippen molar-refractivity contribution >= 4 is 11.6 Å². The number of hydrogen-bond acceptors (Lipinski definition) is 5. The number of carbonyl (C=O) groups is 1. The molecule has 3 heterocycles. The van der Waals surface area contributed by atoms with Crippen molar-refractivity contribution in [1.29, 1.82) is 0 Å². The molecule has 1 amide bonds. The molecule has 1 saturated heterocycles. The highest BCUT2D eigenvalue weighted by Gasteiger charge is 2.23. The highest BCUT2D eigenvalue weighted by atomic mass is 16.4. The van der Waals surface area contributed by atoms with Gasteiger partial charge in [-0.15, -0.1) is 0 Å². The fraction of sp³-hybridized carbons (Fsp3) is 0.471. The summed E-state index contributed by atoms with van der Waals surface area (Å²) in [6, 6.07) is 1.81. The zero-order valence-electron chi connectivity index (χ0n) is 14.2. The van der Waals surface area contributed by atoms with E-state index in [-0.39, 0.29) is 11.5 Å². The van der Waals surface area contributed by atoms with Crippen LogP contribution in [0.1, 0.15) is 51.8 Å². The molecule has 3 N–H and O–H groups in total. The normalized spacial score (nSPS) is 17.7. The summed E-state index contributed by atoms with van der Waals surface area (Å²) >= 11 is 0. The number of amides is 1. The van der Waals surface area contributed by atoms with E-state index in [1.807, 2.05) is 13.0 Å². The van der Waals surface area contributed by atoms with Gasteiger partial charge in [0.2, 0.25) is 0 Å². The fourth-order valence-electron chi connectivity index (χ4n) is 3.11. The maximum absolute atomic E-state index is 12.5. The van der Waals surface area contributed by atoms with E-state index in [0.29, 0.717) is 22.7 Å². The van der Waals surface area contributed by atoms with E-state index in [0.717, 1.165) is 31.6 Å². The number of piperidine rings is 1. The smallest absolute Gasteiger partial charge is 0.349 e. The number of aryl methyl sites for hydroxylation is 3. The number of hydrogen-bond donors (Lipinski definition) is 3. The Morgan fingerprint density at radius 3 is 2.75 bits per heavy atom. The Kier molecular flexibility index (Phi) is 4.53. The summed E-state index contributed by atoms with van der Waals surface area (Å²) in [5, 5.41) is 12.9. The van der Waals surface area contributed by atoms with Crippen molar-refractivity contribution in [3.8, 4) is 0 Å². The molecule has 1 aliphatic heterocycles. The molecule has 2 aromatic rings. The first-order valence-corrected chi connectivity index (χ1v) is 8.15. The van der Waals surface area contributed by atoms with Gasteiger partial charge in [0.05, 0.1) is 17.1 Å². The zero-order chi connectivity index (χ0) is 17.3. The molecule has 1 fully saturated rings. The third-order valence-corrected chi connectivity index (χ3v) is 4.46. The van der Waals surface area contributed by atoms with E-state index < -0.39 is 11.5 Å². The van der Waals surface area contributed by atoms with Crippen LogP contribution in [0.4, 0.5) is 5.69 Å². The highest BCUT2D eigenvalue weighted by molar-refractivity contribution is 6.05. The quantitative estimate of drug-likeness (QED) is 0.799. The Bertz CT molecular complexity index is 796. The molecule has 2 aromatic heterocycles. The van der Waals surface area contributed by atoms with Crippen molar-refractivity contribution in [2.75, 3.05) is 18.4 Å². The lowest BCUT2D eigenvalue weighted by atomic mass is 9.95. The first kappa shape index (κ1) is 16.4. The number of anilines is 1. The molecular formula is C17H22N4O3. The van der Waals surface area contributed by atoms with Crippen molar-refractivity contribution in [3.63, 3.8) is 0 Å². The standard InChI is InChI=1S/C17H22N4O3/c1-9-7-13(12-5-4-6-18-8-12)24-17(23)14(9)16(22)19-15-10(2)20-21-11(15)3/h7,12,18H,4-6,8H2,1-3H3,(H,19,22)(H,20,21). The summed E-state index contributed by atoms with van der Waals surface area (Å²) in [5.74, 6) is 0.361. The summed E-state index contributed by atoms with van der Waals surface area (Å²) in [6.07, 6.45) is 2.03. The number of aromatic amines is 1. The van der Waals surface area contributed by atoms with E-state index in [9.17, 15) is 9.59 Å². The molecule has 0 bridgehead atoms. The number of nitrogens with one attached hydrogen (secondary N) is 3. The molecule has 1 aliphatic rings. The summed E-state index contributed by atoms with van der Waals surface area (Å²) < 4.78 is 5.45. The van der Waals surface area contributed by atoms with Gasteiger partial charge in [0.25, 0.3) is 5.91 Å². The summed E-state index contributed by atoms with van der Waals surface area (Å²) in [5.41, 5.74) is 2.09. The van der Waals surface area contributed by atoms with Crippen LogP contribution in [0.15, 0.2) is 15.3 Å². The lowest BCUT2D eigenvalue weighted by Gasteiger charge is -2.22. The van der Waals surface area contributed by atoms with E-state index in [1.165, 1.54) is 0 Å². The van der Waals surface area contributed by atoms with Gasteiger partial charge in [0.1, 0.15) is 11.3 Å². The molecule has 1 unspecified atom stereocenters. The summed E-state index contributed by atoms with van der Waals surface area (Å²) in [6.45, 7) is 7.14. The third kappa shape index (κ3) is 3.12. The second-order valence-corrected chi connectivity index (χ2v) is 6.30. The first-order chi connectivity index (χ1) is 11.5. The van der Waals surface area contributed by atoms with Gasteiger partial charge in [0.15, 0.2) is 0 Å². The molecule has 24 heavy (non-hydrogen) atoms. The molecule has 0 aromatic carbocycles. The predicted octanol–water partition coefficient (Wildman–Crippen LogP) is 2.01. The van der Waals surface area contributed by atoms with Crippen LogP contribution >= 0.6 is 0 Å². The third-order valence-electron chi connectivity index (χ3n) is 4.46. The van der Waals surface area contributed by atoms with Crippen LogP contribution in [0.2, 0.25) is 0 Å². The van der Waals surface area contributed by atoms with Gasteiger partial charge < -0.3 is 15.1 Å². The van der Waals surface area contributed by atoms with Crippen LogP contribution in [0.5, 0.6) is 0 Å². The van der Waals surface area contributed by atoms with E-state index in [1.54, 1.807) is 13.8 Å². The van der Waals surface area contributed by atoms with Gasteiger partial charge in [0, 0.05) is 12.5 Å². The van der Waals surface area contributed by atoms with Crippen LogP contribution < -0.4 is 16.3 Å². The number of nitrogens with zero attached hydrogens (tertiary/aromatic N) is 1. The Balaban J connectivity index is 1.88. The fourth-order valence-corrected chi connectivity index (χ4v) is 3.11. The molecule has 7 nitrogen and oxygen atoms in total. The van der Waals surface area contributed by atoms with Crippen LogP contribution in [0.3, 0.4) is 0 Å². The van der Waals surface area contributed by atoms with E-state index >= 15 is 0 Å². The van der Waals surface area contributed by atoms with Crippen molar-refractivity contribution in [2.45, 2.75) is 39.5 Å². The maximum atomic E-state index is 12.5. The second kappa shape index (κ2) is 6.60. The lowest BCUT2D eigenvalue weighted by Crippen LogP contribution is -2.30. The van der Waals surface area contributed by atoms with Crippen LogP contribution in [0, 0.1) is 20.8 Å². The largest absolute Gasteiger partial charge is 0.427 e. The Morgan fingerprint density at radius 1 is 1.38 bits per heavy atom. The van der Waals surface area contributed by atoms with Crippen molar-refractivity contribution in [2.24, 2.45) is 0 Å². The summed E-state index contributed by atoms with van der Waals surface area (Å²) in [7, 11) is 0. The van der Waals surface area contributed by atoms with Crippen LogP contribution in [0.25, 0.3) is 0 Å².